The second-order valence-corrected chi connectivity index (χ2v) is 5.83. The number of phenols is 2. The topological polar surface area (TPSA) is 49.7 Å². The van der Waals surface area contributed by atoms with Gasteiger partial charge in [0.05, 0.1) is 13.2 Å². The summed E-state index contributed by atoms with van der Waals surface area (Å²) in [5.74, 6) is 0.547. The van der Waals surface area contributed by atoms with Crippen LogP contribution in [0.15, 0.2) is 73.8 Å². The number of hydrogen-bond donors (Lipinski definition) is 2. The lowest BCUT2D eigenvalue weighted by Crippen LogP contribution is -2.18. The van der Waals surface area contributed by atoms with Gasteiger partial charge in [-0.2, -0.15) is 0 Å². The Balaban J connectivity index is 0.000000351. The van der Waals surface area contributed by atoms with Gasteiger partial charge in [0.2, 0.25) is 0 Å². The van der Waals surface area contributed by atoms with Gasteiger partial charge < -0.3 is 14.9 Å². The lowest BCUT2D eigenvalue weighted by Gasteiger charge is -2.26. The summed E-state index contributed by atoms with van der Waals surface area (Å²) in [6.07, 6.45) is 3.42. The van der Waals surface area contributed by atoms with Gasteiger partial charge in [0.25, 0.3) is 0 Å². The maximum absolute atomic E-state index is 9.30. The van der Waals surface area contributed by atoms with Gasteiger partial charge in [-0.3, -0.25) is 0 Å². The molecule has 0 aromatic heterocycles. The lowest BCUT2D eigenvalue weighted by molar-refractivity contribution is 0.194. The van der Waals surface area contributed by atoms with Crippen LogP contribution in [0.1, 0.15) is 25.0 Å². The summed E-state index contributed by atoms with van der Waals surface area (Å²) in [5, 5.41) is 18.6. The summed E-state index contributed by atoms with van der Waals surface area (Å²) in [6, 6.07) is 14.4. The fourth-order valence-corrected chi connectivity index (χ4v) is 2.16. The van der Waals surface area contributed by atoms with Crippen LogP contribution in [0.2, 0.25) is 0 Å². The molecular formula is C21H26O3. The summed E-state index contributed by atoms with van der Waals surface area (Å²) in [4.78, 5) is 0. The average molecular weight is 326 g/mol. The summed E-state index contributed by atoms with van der Waals surface area (Å²) in [5.41, 5.74) is 2.10. The van der Waals surface area contributed by atoms with Crippen molar-refractivity contribution in [2.75, 3.05) is 13.2 Å². The van der Waals surface area contributed by atoms with Crippen molar-refractivity contribution in [3.05, 3.63) is 85.0 Å². The Bertz CT molecular complexity index is 570. The summed E-state index contributed by atoms with van der Waals surface area (Å²) >= 11 is 0. The van der Waals surface area contributed by atoms with E-state index in [4.69, 9.17) is 4.74 Å². The number of aromatic hydroxyl groups is 2. The Morgan fingerprint density at radius 1 is 0.792 bits per heavy atom. The molecule has 0 aliphatic heterocycles. The summed E-state index contributed by atoms with van der Waals surface area (Å²) in [7, 11) is 0. The number of benzene rings is 2. The van der Waals surface area contributed by atoms with E-state index in [1.807, 2.05) is 24.3 Å². The molecule has 2 aromatic carbocycles. The highest BCUT2D eigenvalue weighted by Gasteiger charge is 2.22. The third-order valence-electron chi connectivity index (χ3n) is 3.65. The molecule has 0 aliphatic rings. The van der Waals surface area contributed by atoms with Gasteiger partial charge >= 0.3 is 0 Å². The minimum atomic E-state index is -0.151. The van der Waals surface area contributed by atoms with Crippen molar-refractivity contribution in [2.24, 2.45) is 0 Å². The maximum Gasteiger partial charge on any atom is 0.115 e. The molecule has 3 nitrogen and oxygen atoms in total. The molecule has 0 unspecified atom stereocenters. The van der Waals surface area contributed by atoms with Crippen molar-refractivity contribution in [3.8, 4) is 11.5 Å². The van der Waals surface area contributed by atoms with Crippen LogP contribution in [0, 0.1) is 0 Å². The minimum absolute atomic E-state index is 0.151. The van der Waals surface area contributed by atoms with Crippen LogP contribution in [0.4, 0.5) is 0 Å². The highest BCUT2D eigenvalue weighted by Crippen LogP contribution is 2.32. The van der Waals surface area contributed by atoms with Crippen LogP contribution < -0.4 is 0 Å². The maximum atomic E-state index is 9.30. The average Bonchev–Trinajstić information content (AvgIpc) is 2.57. The molecule has 0 amide bonds. The van der Waals surface area contributed by atoms with Gasteiger partial charge in [0.1, 0.15) is 11.5 Å². The van der Waals surface area contributed by atoms with Crippen LogP contribution >= 0.6 is 0 Å². The first-order valence-corrected chi connectivity index (χ1v) is 7.80. The standard InChI is InChI=1S/C15H16O2.C6H10O/c1-15(2,11-3-7-13(16)8-4-11)12-5-9-14(17)10-6-12;1-3-5-7-6-4-2/h3-10,16-17H,1-2H3;3-4H,1-2,5-6H2. The third-order valence-corrected chi connectivity index (χ3v) is 3.65. The van der Waals surface area contributed by atoms with E-state index in [0.29, 0.717) is 13.2 Å². The molecule has 0 bridgehead atoms. The molecular weight excluding hydrogens is 300 g/mol. The Morgan fingerprint density at radius 2 is 1.12 bits per heavy atom. The fourth-order valence-electron chi connectivity index (χ4n) is 2.16. The van der Waals surface area contributed by atoms with Crippen molar-refractivity contribution in [1.29, 1.82) is 0 Å². The van der Waals surface area contributed by atoms with Gasteiger partial charge in [-0.05, 0) is 35.4 Å². The molecule has 2 N–H and O–H groups in total. The van der Waals surface area contributed by atoms with E-state index in [0.717, 1.165) is 11.1 Å². The highest BCUT2D eigenvalue weighted by molar-refractivity contribution is 5.41. The van der Waals surface area contributed by atoms with E-state index in [9.17, 15) is 10.2 Å². The predicted octanol–water partition coefficient (Wildman–Crippen LogP) is 4.80. The van der Waals surface area contributed by atoms with E-state index in [1.165, 1.54) is 0 Å². The van der Waals surface area contributed by atoms with E-state index < -0.39 is 0 Å². The molecule has 3 heteroatoms. The number of rotatable bonds is 6. The molecule has 0 atom stereocenters. The van der Waals surface area contributed by atoms with Gasteiger partial charge in [-0.1, -0.05) is 50.3 Å². The van der Waals surface area contributed by atoms with E-state index in [-0.39, 0.29) is 16.9 Å². The van der Waals surface area contributed by atoms with Crippen molar-refractivity contribution < 1.29 is 14.9 Å². The van der Waals surface area contributed by atoms with Gasteiger partial charge in [-0.15, -0.1) is 13.2 Å². The molecule has 0 saturated heterocycles. The quantitative estimate of drug-likeness (QED) is 0.592. The number of hydrogen-bond acceptors (Lipinski definition) is 3. The fraction of sp³-hybridized carbons (Fsp3) is 0.238. The zero-order chi connectivity index (χ0) is 18.0. The number of phenolic OH excluding ortho intramolecular Hbond substituents is 2. The SMILES string of the molecule is C=CCOCC=C.CC(C)(c1ccc(O)cc1)c1ccc(O)cc1. The molecule has 0 radical (unpaired) electrons. The predicted molar refractivity (Wildman–Crippen MR) is 99.6 cm³/mol. The van der Waals surface area contributed by atoms with Crippen molar-refractivity contribution in [1.82, 2.24) is 0 Å². The van der Waals surface area contributed by atoms with E-state index in [1.54, 1.807) is 36.4 Å². The summed E-state index contributed by atoms with van der Waals surface area (Å²) < 4.78 is 4.90. The smallest absolute Gasteiger partial charge is 0.115 e. The zero-order valence-corrected chi connectivity index (χ0v) is 14.4. The van der Waals surface area contributed by atoms with Crippen molar-refractivity contribution >= 4 is 0 Å². The Labute approximate surface area is 144 Å². The molecule has 0 fully saturated rings. The second kappa shape index (κ2) is 9.58. The van der Waals surface area contributed by atoms with E-state index >= 15 is 0 Å². The zero-order valence-electron chi connectivity index (χ0n) is 14.4. The third kappa shape index (κ3) is 5.94. The second-order valence-electron chi connectivity index (χ2n) is 5.83. The number of ether oxygens (including phenoxy) is 1. The van der Waals surface area contributed by atoms with Gasteiger partial charge in [-0.25, -0.2) is 0 Å². The lowest BCUT2D eigenvalue weighted by atomic mass is 9.78. The monoisotopic (exact) mass is 326 g/mol. The molecule has 0 heterocycles. The minimum Gasteiger partial charge on any atom is -0.508 e. The van der Waals surface area contributed by atoms with Gasteiger partial charge in [0, 0.05) is 5.41 Å². The van der Waals surface area contributed by atoms with Crippen LogP contribution in [0.3, 0.4) is 0 Å². The van der Waals surface area contributed by atoms with Crippen LogP contribution in [0.25, 0.3) is 0 Å². The first kappa shape index (κ1) is 19.5. The molecule has 2 rings (SSSR count). The Hall–Kier alpha value is -2.52. The molecule has 2 aromatic rings. The van der Waals surface area contributed by atoms with Crippen LogP contribution in [0.5, 0.6) is 11.5 Å². The normalized spacial score (nSPS) is 10.4. The Morgan fingerprint density at radius 3 is 1.42 bits per heavy atom. The first-order valence-electron chi connectivity index (χ1n) is 7.80. The molecule has 0 saturated carbocycles. The molecule has 128 valence electrons. The molecule has 0 aliphatic carbocycles. The van der Waals surface area contributed by atoms with Gasteiger partial charge in [0.15, 0.2) is 0 Å². The van der Waals surface area contributed by atoms with Crippen molar-refractivity contribution in [3.63, 3.8) is 0 Å². The van der Waals surface area contributed by atoms with Crippen molar-refractivity contribution in [2.45, 2.75) is 19.3 Å². The summed E-state index contributed by atoms with van der Waals surface area (Å²) in [6.45, 7) is 12.4. The largest absolute Gasteiger partial charge is 0.508 e. The van der Waals surface area contributed by atoms with Crippen LogP contribution in [-0.4, -0.2) is 23.4 Å². The van der Waals surface area contributed by atoms with Crippen LogP contribution in [-0.2, 0) is 10.2 Å². The Kier molecular flexibility index (Phi) is 7.80. The van der Waals surface area contributed by atoms with E-state index in [2.05, 4.69) is 27.0 Å². The first-order chi connectivity index (χ1) is 11.4. The molecule has 24 heavy (non-hydrogen) atoms. The highest BCUT2D eigenvalue weighted by atomic mass is 16.5. The molecule has 0 spiro atoms.